The first-order valence-corrected chi connectivity index (χ1v) is 7.99. The summed E-state index contributed by atoms with van der Waals surface area (Å²) in [6, 6.07) is 8.32. The van der Waals surface area contributed by atoms with E-state index in [-0.39, 0.29) is 0 Å². The van der Waals surface area contributed by atoms with Crippen molar-refractivity contribution in [1.29, 1.82) is 0 Å². The average molecular weight is 354 g/mol. The average Bonchev–Trinajstić information content (AvgIpc) is 2.43. The molecule has 0 aliphatic heterocycles. The van der Waals surface area contributed by atoms with Crippen LogP contribution in [0.1, 0.15) is 32.0 Å². The zero-order valence-corrected chi connectivity index (χ0v) is 14.3. The predicted molar refractivity (Wildman–Crippen MR) is 88.1 cm³/mol. The molecule has 0 N–H and O–H groups in total. The van der Waals surface area contributed by atoms with Crippen LogP contribution in [0.4, 0.5) is 0 Å². The van der Waals surface area contributed by atoms with E-state index in [2.05, 4.69) is 70.9 Å². The second-order valence-corrected chi connectivity index (χ2v) is 6.40. The van der Waals surface area contributed by atoms with Gasteiger partial charge in [0.15, 0.2) is 5.82 Å². The van der Waals surface area contributed by atoms with Gasteiger partial charge in [0.2, 0.25) is 0 Å². The van der Waals surface area contributed by atoms with Gasteiger partial charge in [-0.1, -0.05) is 56.6 Å². The molecule has 0 spiro atoms. The summed E-state index contributed by atoms with van der Waals surface area (Å²) in [4.78, 5) is 9.03. The lowest BCUT2D eigenvalue weighted by molar-refractivity contribution is 0.632. The molecule has 0 aliphatic carbocycles. The minimum Gasteiger partial charge on any atom is -0.232 e. The Morgan fingerprint density at radius 1 is 1.15 bits per heavy atom. The molecule has 0 bridgehead atoms. The summed E-state index contributed by atoms with van der Waals surface area (Å²) in [5, 5.41) is 0.477. The first-order chi connectivity index (χ1) is 9.51. The van der Waals surface area contributed by atoms with Crippen LogP contribution in [0.3, 0.4) is 0 Å². The third-order valence-corrected chi connectivity index (χ3v) is 4.44. The van der Waals surface area contributed by atoms with Crippen LogP contribution in [-0.4, -0.2) is 9.97 Å². The molecule has 0 amide bonds. The van der Waals surface area contributed by atoms with E-state index in [1.54, 1.807) is 0 Å². The monoisotopic (exact) mass is 352 g/mol. The molecular weight excluding hydrogens is 336 g/mol. The van der Waals surface area contributed by atoms with E-state index in [0.29, 0.717) is 16.9 Å². The topological polar surface area (TPSA) is 25.8 Å². The van der Waals surface area contributed by atoms with Gasteiger partial charge in [0.25, 0.3) is 0 Å². The van der Waals surface area contributed by atoms with Crippen molar-refractivity contribution in [2.24, 2.45) is 5.92 Å². The second-order valence-electron chi connectivity index (χ2n) is 5.25. The quantitative estimate of drug-likeness (QED) is 0.695. The maximum absolute atomic E-state index is 6.21. The van der Waals surface area contributed by atoms with Crippen molar-refractivity contribution in [2.75, 3.05) is 0 Å². The van der Waals surface area contributed by atoms with Crippen molar-refractivity contribution in [3.63, 3.8) is 0 Å². The van der Waals surface area contributed by atoms with Crippen LogP contribution < -0.4 is 0 Å². The third-order valence-electron chi connectivity index (χ3n) is 3.10. The van der Waals surface area contributed by atoms with Gasteiger partial charge >= 0.3 is 0 Å². The summed E-state index contributed by atoms with van der Waals surface area (Å²) in [5.74, 6) is 1.21. The fourth-order valence-electron chi connectivity index (χ4n) is 2.00. The minimum absolute atomic E-state index is 0.477. The van der Waals surface area contributed by atoms with Crippen molar-refractivity contribution < 1.29 is 0 Å². The van der Waals surface area contributed by atoms with Crippen molar-refractivity contribution in [1.82, 2.24) is 9.97 Å². The Kier molecular flexibility index (Phi) is 5.17. The summed E-state index contributed by atoms with van der Waals surface area (Å²) < 4.78 is 0.807. The third kappa shape index (κ3) is 3.58. The lowest BCUT2D eigenvalue weighted by atomic mass is 10.1. The van der Waals surface area contributed by atoms with Crippen LogP contribution in [0.25, 0.3) is 11.4 Å². The molecule has 0 fully saturated rings. The molecule has 0 unspecified atom stereocenters. The Morgan fingerprint density at radius 2 is 1.80 bits per heavy atom. The molecule has 0 saturated heterocycles. The fourth-order valence-corrected chi connectivity index (χ4v) is 2.53. The van der Waals surface area contributed by atoms with E-state index >= 15 is 0 Å². The van der Waals surface area contributed by atoms with Gasteiger partial charge < -0.3 is 0 Å². The van der Waals surface area contributed by atoms with Crippen LogP contribution in [-0.2, 0) is 12.8 Å². The summed E-state index contributed by atoms with van der Waals surface area (Å²) in [5.41, 5.74) is 3.27. The largest absolute Gasteiger partial charge is 0.232 e. The molecule has 0 aliphatic rings. The fraction of sp³-hybridized carbons (Fsp3) is 0.375. The van der Waals surface area contributed by atoms with Gasteiger partial charge in [-0.2, -0.15) is 0 Å². The van der Waals surface area contributed by atoms with Crippen LogP contribution >= 0.6 is 27.5 Å². The molecule has 20 heavy (non-hydrogen) atoms. The summed E-state index contributed by atoms with van der Waals surface area (Å²) in [6.07, 6.45) is 1.91. The molecule has 106 valence electrons. The minimum atomic E-state index is 0.477. The van der Waals surface area contributed by atoms with Crippen LogP contribution in [0.15, 0.2) is 28.7 Å². The Balaban J connectivity index is 2.42. The number of halogens is 2. The van der Waals surface area contributed by atoms with Gasteiger partial charge in [-0.15, -0.1) is 0 Å². The highest BCUT2D eigenvalue weighted by atomic mass is 79.9. The van der Waals surface area contributed by atoms with E-state index in [0.717, 1.165) is 28.6 Å². The van der Waals surface area contributed by atoms with Crippen molar-refractivity contribution >= 4 is 27.5 Å². The molecule has 2 nitrogen and oxygen atoms in total. The maximum Gasteiger partial charge on any atom is 0.161 e. The van der Waals surface area contributed by atoms with Crippen LogP contribution in [0.5, 0.6) is 0 Å². The molecule has 4 heteroatoms. The Morgan fingerprint density at radius 3 is 2.35 bits per heavy atom. The number of benzene rings is 1. The number of aromatic nitrogens is 2. The highest BCUT2D eigenvalue weighted by molar-refractivity contribution is 9.10. The Labute approximate surface area is 133 Å². The lowest BCUT2D eigenvalue weighted by Gasteiger charge is -2.10. The maximum atomic E-state index is 6.21. The summed E-state index contributed by atoms with van der Waals surface area (Å²) in [7, 11) is 0. The van der Waals surface area contributed by atoms with Gasteiger partial charge in [0.1, 0.15) is 5.15 Å². The SMILES string of the molecule is CCc1ccc(-c2nc(Cl)c(Br)c(CC(C)C)n2)cc1. The van der Waals surface area contributed by atoms with E-state index in [9.17, 15) is 0 Å². The summed E-state index contributed by atoms with van der Waals surface area (Å²) >= 11 is 9.69. The molecule has 0 radical (unpaired) electrons. The van der Waals surface area contributed by atoms with Crippen molar-refractivity contribution in [2.45, 2.75) is 33.6 Å². The van der Waals surface area contributed by atoms with Gasteiger partial charge in [-0.05, 0) is 40.3 Å². The van der Waals surface area contributed by atoms with E-state index < -0.39 is 0 Å². The lowest BCUT2D eigenvalue weighted by Crippen LogP contribution is -2.02. The molecule has 1 aromatic heterocycles. The van der Waals surface area contributed by atoms with Crippen molar-refractivity contribution in [3.05, 3.63) is 45.1 Å². The van der Waals surface area contributed by atoms with Crippen LogP contribution in [0.2, 0.25) is 5.15 Å². The predicted octanol–water partition coefficient (Wildman–Crippen LogP) is 5.32. The highest BCUT2D eigenvalue weighted by Gasteiger charge is 2.13. The highest BCUT2D eigenvalue weighted by Crippen LogP contribution is 2.28. The number of rotatable bonds is 4. The first kappa shape index (κ1) is 15.5. The number of hydrogen-bond donors (Lipinski definition) is 0. The van der Waals surface area contributed by atoms with Gasteiger partial charge in [-0.25, -0.2) is 9.97 Å². The van der Waals surface area contributed by atoms with Gasteiger partial charge in [0.05, 0.1) is 10.2 Å². The molecule has 0 saturated carbocycles. The molecular formula is C16H18BrClN2. The number of aryl methyl sites for hydroxylation is 1. The second kappa shape index (κ2) is 6.68. The van der Waals surface area contributed by atoms with Gasteiger partial charge in [-0.3, -0.25) is 0 Å². The standard InChI is InChI=1S/C16H18BrClN2/c1-4-11-5-7-12(8-6-11)16-19-13(9-10(2)3)14(17)15(18)20-16/h5-8,10H,4,9H2,1-3H3. The molecule has 2 aromatic rings. The van der Waals surface area contributed by atoms with Crippen LogP contribution in [0, 0.1) is 5.92 Å². The van der Waals surface area contributed by atoms with Crippen molar-refractivity contribution in [3.8, 4) is 11.4 Å². The zero-order valence-electron chi connectivity index (χ0n) is 12.0. The molecule has 2 rings (SSSR count). The van der Waals surface area contributed by atoms with E-state index in [1.165, 1.54) is 5.56 Å². The smallest absolute Gasteiger partial charge is 0.161 e. The van der Waals surface area contributed by atoms with E-state index in [4.69, 9.17) is 11.6 Å². The summed E-state index contributed by atoms with van der Waals surface area (Å²) in [6.45, 7) is 6.47. The van der Waals surface area contributed by atoms with E-state index in [1.807, 2.05) is 0 Å². The normalized spacial score (nSPS) is 11.1. The first-order valence-electron chi connectivity index (χ1n) is 6.82. The zero-order chi connectivity index (χ0) is 14.7. The molecule has 0 atom stereocenters. The Bertz CT molecular complexity index is 594. The molecule has 1 aromatic carbocycles. The van der Waals surface area contributed by atoms with Gasteiger partial charge in [0, 0.05) is 5.56 Å². The number of hydrogen-bond acceptors (Lipinski definition) is 2. The Hall–Kier alpha value is -0.930. The number of nitrogens with zero attached hydrogens (tertiary/aromatic N) is 2. The molecule has 1 heterocycles.